The van der Waals surface area contributed by atoms with E-state index in [9.17, 15) is 4.79 Å². The third kappa shape index (κ3) is 4.22. The number of nitrogens with one attached hydrogen (secondary N) is 1. The number of methoxy groups -OCH3 is 1. The van der Waals surface area contributed by atoms with Crippen LogP contribution in [-0.2, 0) is 4.79 Å². The van der Waals surface area contributed by atoms with Gasteiger partial charge in [0.1, 0.15) is 10.8 Å². The van der Waals surface area contributed by atoms with Gasteiger partial charge >= 0.3 is 0 Å². The number of aromatic nitrogens is 2. The molecule has 1 saturated carbocycles. The summed E-state index contributed by atoms with van der Waals surface area (Å²) in [7, 11) is 1.66. The van der Waals surface area contributed by atoms with Crippen LogP contribution in [0, 0.1) is 5.92 Å². The number of carbonyl (C=O) groups excluding carboxylic acids is 1. The average Bonchev–Trinajstić information content (AvgIpc) is 3.56. The van der Waals surface area contributed by atoms with Crippen LogP contribution in [0.2, 0.25) is 0 Å². The van der Waals surface area contributed by atoms with Gasteiger partial charge in [-0.05, 0) is 36.5 Å². The van der Waals surface area contributed by atoms with Crippen molar-refractivity contribution in [1.29, 1.82) is 0 Å². The molecule has 0 saturated heterocycles. The lowest BCUT2D eigenvalue weighted by molar-refractivity contribution is -0.119. The molecule has 1 aliphatic rings. The minimum Gasteiger partial charge on any atom is -0.497 e. The molecule has 3 aromatic rings. The zero-order valence-corrected chi connectivity index (χ0v) is 15.9. The summed E-state index contributed by atoms with van der Waals surface area (Å²) in [6.45, 7) is 0. The zero-order chi connectivity index (χ0) is 18.6. The number of thioether (sulfide) groups is 1. The fourth-order valence-electron chi connectivity index (χ4n) is 3.17. The van der Waals surface area contributed by atoms with E-state index in [1.54, 1.807) is 13.3 Å². The summed E-state index contributed by atoms with van der Waals surface area (Å²) < 4.78 is 5.23. The lowest BCUT2D eigenvalue weighted by atomic mass is 10.0. The van der Waals surface area contributed by atoms with E-state index in [1.165, 1.54) is 11.8 Å². The predicted octanol–water partition coefficient (Wildman–Crippen LogP) is 4.00. The van der Waals surface area contributed by atoms with Gasteiger partial charge in [0, 0.05) is 10.8 Å². The number of amides is 1. The quantitative estimate of drug-likeness (QED) is 0.629. The van der Waals surface area contributed by atoms with Crippen LogP contribution in [0.1, 0.15) is 24.4 Å². The second kappa shape index (κ2) is 7.96. The molecule has 27 heavy (non-hydrogen) atoms. The van der Waals surface area contributed by atoms with E-state index in [4.69, 9.17) is 4.74 Å². The summed E-state index contributed by atoms with van der Waals surface area (Å²) in [5.74, 6) is 1.68. The molecule has 6 heteroatoms. The molecule has 0 spiro atoms. The summed E-state index contributed by atoms with van der Waals surface area (Å²) in [6.07, 6.45) is 4.05. The maximum atomic E-state index is 12.6. The summed E-state index contributed by atoms with van der Waals surface area (Å²) in [5, 5.41) is 14.3. The van der Waals surface area contributed by atoms with E-state index in [-0.39, 0.29) is 11.9 Å². The standard InChI is InChI=1S/C21H21N3O2S/c1-26-17-10-8-15(9-11-17)20(14-6-7-14)23-19(25)13-27-21-18-5-3-2-4-16(18)12-22-24-21/h2-5,8-12,14,20H,6-7,13H2,1H3,(H,23,25). The fourth-order valence-corrected chi connectivity index (χ4v) is 3.97. The van der Waals surface area contributed by atoms with E-state index in [1.807, 2.05) is 48.5 Å². The number of hydrogen-bond donors (Lipinski definition) is 1. The highest BCUT2D eigenvalue weighted by molar-refractivity contribution is 8.00. The van der Waals surface area contributed by atoms with Crippen molar-refractivity contribution in [2.45, 2.75) is 23.9 Å². The van der Waals surface area contributed by atoms with Crippen LogP contribution >= 0.6 is 11.8 Å². The number of fused-ring (bicyclic) bond motifs is 1. The number of carbonyl (C=O) groups is 1. The van der Waals surface area contributed by atoms with Gasteiger partial charge in [0.15, 0.2) is 0 Å². The molecule has 1 aliphatic carbocycles. The van der Waals surface area contributed by atoms with Gasteiger partial charge in [-0.15, -0.1) is 5.10 Å². The number of nitrogens with zero attached hydrogens (tertiary/aromatic N) is 2. The fraction of sp³-hybridized carbons (Fsp3) is 0.286. The van der Waals surface area contributed by atoms with Gasteiger partial charge in [-0.25, -0.2) is 0 Å². The third-order valence-electron chi connectivity index (χ3n) is 4.76. The molecule has 138 valence electrons. The predicted molar refractivity (Wildman–Crippen MR) is 107 cm³/mol. The molecule has 4 rings (SSSR count). The van der Waals surface area contributed by atoms with Crippen molar-refractivity contribution in [3.63, 3.8) is 0 Å². The highest BCUT2D eigenvalue weighted by atomic mass is 32.2. The topological polar surface area (TPSA) is 64.1 Å². The van der Waals surface area contributed by atoms with E-state index >= 15 is 0 Å². The summed E-state index contributed by atoms with van der Waals surface area (Å²) in [4.78, 5) is 12.6. The van der Waals surface area contributed by atoms with Crippen LogP contribution in [0.4, 0.5) is 0 Å². The summed E-state index contributed by atoms with van der Waals surface area (Å²) >= 11 is 1.43. The Kier molecular flexibility index (Phi) is 5.25. The largest absolute Gasteiger partial charge is 0.497 e. The Hall–Kier alpha value is -2.60. The molecule has 0 bridgehead atoms. The van der Waals surface area contributed by atoms with Crippen LogP contribution in [0.25, 0.3) is 10.8 Å². The number of hydrogen-bond acceptors (Lipinski definition) is 5. The summed E-state index contributed by atoms with van der Waals surface area (Å²) in [6, 6.07) is 16.0. The Bertz CT molecular complexity index is 936. The molecular weight excluding hydrogens is 358 g/mol. The van der Waals surface area contributed by atoms with Crippen molar-refractivity contribution in [3.8, 4) is 5.75 Å². The molecule has 2 aromatic carbocycles. The van der Waals surface area contributed by atoms with Crippen molar-refractivity contribution in [1.82, 2.24) is 15.5 Å². The van der Waals surface area contributed by atoms with Gasteiger partial charge in [-0.2, -0.15) is 5.10 Å². The molecule has 1 aromatic heterocycles. The first-order chi connectivity index (χ1) is 13.2. The Morgan fingerprint density at radius 1 is 1.22 bits per heavy atom. The molecule has 0 radical (unpaired) electrons. The molecule has 1 unspecified atom stereocenters. The minimum absolute atomic E-state index is 0.0162. The molecule has 1 atom stereocenters. The third-order valence-corrected chi connectivity index (χ3v) is 5.74. The first kappa shape index (κ1) is 17.8. The molecule has 1 fully saturated rings. The van der Waals surface area contributed by atoms with Gasteiger partial charge in [-0.1, -0.05) is 48.2 Å². The van der Waals surface area contributed by atoms with Crippen LogP contribution in [0.3, 0.4) is 0 Å². The number of benzene rings is 2. The number of ether oxygens (including phenoxy) is 1. The molecule has 1 N–H and O–H groups in total. The van der Waals surface area contributed by atoms with Crippen molar-refractivity contribution in [3.05, 3.63) is 60.3 Å². The van der Waals surface area contributed by atoms with Gasteiger partial charge in [0.2, 0.25) is 5.91 Å². The highest BCUT2D eigenvalue weighted by Gasteiger charge is 2.33. The zero-order valence-electron chi connectivity index (χ0n) is 15.1. The first-order valence-corrected chi connectivity index (χ1v) is 9.99. The highest BCUT2D eigenvalue weighted by Crippen LogP contribution is 2.41. The van der Waals surface area contributed by atoms with E-state index in [2.05, 4.69) is 15.5 Å². The summed E-state index contributed by atoms with van der Waals surface area (Å²) in [5.41, 5.74) is 1.13. The van der Waals surface area contributed by atoms with Crippen LogP contribution < -0.4 is 10.1 Å². The van der Waals surface area contributed by atoms with E-state index in [0.29, 0.717) is 11.7 Å². The van der Waals surface area contributed by atoms with Crippen molar-refractivity contribution >= 4 is 28.4 Å². The maximum Gasteiger partial charge on any atom is 0.230 e. The molecule has 1 amide bonds. The Labute approximate surface area is 162 Å². The molecule has 0 aliphatic heterocycles. The molecule has 5 nitrogen and oxygen atoms in total. The Morgan fingerprint density at radius 2 is 2.00 bits per heavy atom. The van der Waals surface area contributed by atoms with Gasteiger partial charge in [-0.3, -0.25) is 4.79 Å². The van der Waals surface area contributed by atoms with E-state index < -0.39 is 0 Å². The van der Waals surface area contributed by atoms with Crippen LogP contribution in [0.5, 0.6) is 5.75 Å². The Morgan fingerprint density at radius 3 is 2.74 bits per heavy atom. The number of rotatable bonds is 7. The van der Waals surface area contributed by atoms with Crippen LogP contribution in [0.15, 0.2) is 59.8 Å². The molecule has 1 heterocycles. The average molecular weight is 379 g/mol. The normalized spacial score (nSPS) is 14.7. The second-order valence-electron chi connectivity index (χ2n) is 6.68. The van der Waals surface area contributed by atoms with Crippen molar-refractivity contribution < 1.29 is 9.53 Å². The smallest absolute Gasteiger partial charge is 0.230 e. The molecular formula is C21H21N3O2S. The second-order valence-corrected chi connectivity index (χ2v) is 7.65. The SMILES string of the molecule is COc1ccc(C(NC(=O)CSc2nncc3ccccc23)C2CC2)cc1. The Balaban J connectivity index is 1.42. The lowest BCUT2D eigenvalue weighted by Gasteiger charge is -2.19. The van der Waals surface area contributed by atoms with Crippen molar-refractivity contribution in [2.75, 3.05) is 12.9 Å². The first-order valence-electron chi connectivity index (χ1n) is 9.01. The van der Waals surface area contributed by atoms with Gasteiger partial charge in [0.25, 0.3) is 0 Å². The van der Waals surface area contributed by atoms with Crippen LogP contribution in [-0.4, -0.2) is 29.0 Å². The van der Waals surface area contributed by atoms with Gasteiger partial charge < -0.3 is 10.1 Å². The lowest BCUT2D eigenvalue weighted by Crippen LogP contribution is -2.31. The van der Waals surface area contributed by atoms with Crippen molar-refractivity contribution in [2.24, 2.45) is 5.92 Å². The minimum atomic E-state index is 0.0162. The maximum absolute atomic E-state index is 12.6. The monoisotopic (exact) mass is 379 g/mol. The van der Waals surface area contributed by atoms with E-state index in [0.717, 1.165) is 40.0 Å². The van der Waals surface area contributed by atoms with Gasteiger partial charge in [0.05, 0.1) is 25.1 Å².